The highest BCUT2D eigenvalue weighted by Crippen LogP contribution is 2.32. The molecule has 0 atom stereocenters. The monoisotopic (exact) mass is 660 g/mol. The van der Waals surface area contributed by atoms with E-state index in [4.69, 9.17) is 29.3 Å². The lowest BCUT2D eigenvalue weighted by Gasteiger charge is -2.20. The fraction of sp³-hybridized carbons (Fsp3) is 0.414. The lowest BCUT2D eigenvalue weighted by Crippen LogP contribution is -2.33. The number of hydrogen-bond donors (Lipinski definition) is 3. The van der Waals surface area contributed by atoms with Crippen LogP contribution in [0.1, 0.15) is 35.2 Å². The number of aliphatic carboxylic acids is 2. The van der Waals surface area contributed by atoms with Crippen LogP contribution in [0.4, 0.5) is 26.3 Å². The van der Waals surface area contributed by atoms with Gasteiger partial charge in [0.1, 0.15) is 5.75 Å². The number of aromatic amines is 1. The maximum atomic E-state index is 12.9. The van der Waals surface area contributed by atoms with Gasteiger partial charge in [0.05, 0.1) is 19.4 Å². The van der Waals surface area contributed by atoms with Crippen molar-refractivity contribution in [2.24, 2.45) is 0 Å². The molecule has 250 valence electrons. The number of carboxylic acid groups (broad SMARTS) is 2. The molecular weight excluding hydrogens is 630 g/mol. The van der Waals surface area contributed by atoms with E-state index in [2.05, 4.69) is 33.4 Å². The van der Waals surface area contributed by atoms with Crippen LogP contribution in [0.2, 0.25) is 0 Å². The molecule has 5 rings (SSSR count). The summed E-state index contributed by atoms with van der Waals surface area (Å²) in [6, 6.07) is 10.2. The third-order valence-corrected chi connectivity index (χ3v) is 6.87. The average Bonchev–Trinajstić information content (AvgIpc) is 3.30. The van der Waals surface area contributed by atoms with Crippen LogP contribution in [0, 0.1) is 0 Å². The highest BCUT2D eigenvalue weighted by molar-refractivity contribution is 5.77. The van der Waals surface area contributed by atoms with Gasteiger partial charge in [-0.25, -0.2) is 14.6 Å². The van der Waals surface area contributed by atoms with Crippen LogP contribution < -0.4 is 9.47 Å². The van der Waals surface area contributed by atoms with Crippen molar-refractivity contribution in [2.45, 2.75) is 50.9 Å². The van der Waals surface area contributed by atoms with Crippen molar-refractivity contribution in [1.29, 1.82) is 0 Å². The van der Waals surface area contributed by atoms with Crippen LogP contribution in [0.5, 0.6) is 11.6 Å². The van der Waals surface area contributed by atoms with Crippen molar-refractivity contribution in [2.75, 3.05) is 26.8 Å². The van der Waals surface area contributed by atoms with E-state index in [1.807, 2.05) is 17.0 Å². The molecule has 3 N–H and O–H groups in total. The number of nitrogens with one attached hydrogen (secondary N) is 1. The van der Waals surface area contributed by atoms with E-state index < -0.39 is 24.3 Å². The van der Waals surface area contributed by atoms with E-state index in [9.17, 15) is 31.1 Å². The molecule has 4 heterocycles. The van der Waals surface area contributed by atoms with Gasteiger partial charge in [-0.1, -0.05) is 0 Å². The number of alkyl halides is 6. The Balaban J connectivity index is 0.000000345. The van der Waals surface area contributed by atoms with Crippen LogP contribution in [-0.2, 0) is 40.1 Å². The van der Waals surface area contributed by atoms with Crippen LogP contribution in [-0.4, -0.2) is 87.3 Å². The molecule has 3 aromatic rings. The van der Waals surface area contributed by atoms with E-state index in [-0.39, 0.29) is 5.91 Å². The summed E-state index contributed by atoms with van der Waals surface area (Å²) in [5, 5.41) is 22.1. The molecule has 2 aliphatic heterocycles. The Labute approximate surface area is 258 Å². The summed E-state index contributed by atoms with van der Waals surface area (Å²) >= 11 is 0. The predicted octanol–water partition coefficient (Wildman–Crippen LogP) is 4.63. The first-order valence-electron chi connectivity index (χ1n) is 13.8. The van der Waals surface area contributed by atoms with E-state index in [1.54, 1.807) is 13.3 Å². The van der Waals surface area contributed by atoms with Gasteiger partial charge in [-0.05, 0) is 61.1 Å². The number of rotatable bonds is 5. The zero-order chi connectivity index (χ0) is 34.1. The molecule has 1 amide bonds. The minimum atomic E-state index is -5.08. The van der Waals surface area contributed by atoms with E-state index in [0.717, 1.165) is 60.6 Å². The summed E-state index contributed by atoms with van der Waals surface area (Å²) in [6.45, 7) is 2.22. The molecule has 46 heavy (non-hydrogen) atoms. The van der Waals surface area contributed by atoms with Gasteiger partial charge in [0.25, 0.3) is 0 Å². The number of pyridine rings is 1. The molecule has 2 aromatic heterocycles. The Hall–Kier alpha value is -4.83. The largest absolute Gasteiger partial charge is 0.493 e. The number of H-pyrrole nitrogens is 1. The lowest BCUT2D eigenvalue weighted by atomic mass is 9.98. The van der Waals surface area contributed by atoms with Gasteiger partial charge >= 0.3 is 24.3 Å². The second-order valence-electron chi connectivity index (χ2n) is 10.00. The number of aryl methyl sites for hydroxylation is 2. The highest BCUT2D eigenvalue weighted by atomic mass is 19.4. The second-order valence-corrected chi connectivity index (χ2v) is 10.00. The standard InChI is InChI=1S/C25H28N4O3.2C2HF3O2/c1-31-23-15-17(8-11-26-23)4-7-24(30)29-12-9-20-21(10-13-29)27-28-25(20)19-5-6-22-18(16-19)3-2-14-32-22;2*3-2(4,5)1(6)7/h5-6,8,11,15-16H,2-4,7,9-10,12-14H2,1H3,(H,27,28);2*(H,6,7). The highest BCUT2D eigenvalue weighted by Gasteiger charge is 2.39. The Morgan fingerprint density at radius 2 is 1.63 bits per heavy atom. The summed E-state index contributed by atoms with van der Waals surface area (Å²) in [6.07, 6.45) is -3.58. The van der Waals surface area contributed by atoms with Crippen LogP contribution in [0.3, 0.4) is 0 Å². The zero-order valence-corrected chi connectivity index (χ0v) is 24.4. The summed E-state index contributed by atoms with van der Waals surface area (Å²) in [5.41, 5.74) is 6.82. The topological polar surface area (TPSA) is 155 Å². The number of amides is 1. The number of fused-ring (bicyclic) bond motifs is 2. The Morgan fingerprint density at radius 3 is 2.26 bits per heavy atom. The minimum absolute atomic E-state index is 0.186. The molecule has 0 saturated carbocycles. The predicted molar refractivity (Wildman–Crippen MR) is 148 cm³/mol. The first-order chi connectivity index (χ1) is 21.6. The van der Waals surface area contributed by atoms with Gasteiger partial charge in [0.15, 0.2) is 0 Å². The van der Waals surface area contributed by atoms with Crippen molar-refractivity contribution in [3.8, 4) is 22.9 Å². The van der Waals surface area contributed by atoms with Crippen molar-refractivity contribution < 1.29 is 60.4 Å². The van der Waals surface area contributed by atoms with Crippen molar-refractivity contribution in [3.63, 3.8) is 0 Å². The van der Waals surface area contributed by atoms with Crippen LogP contribution in [0.25, 0.3) is 11.3 Å². The molecule has 0 unspecified atom stereocenters. The van der Waals surface area contributed by atoms with Crippen LogP contribution in [0.15, 0.2) is 36.5 Å². The molecule has 2 aliphatic rings. The molecule has 0 radical (unpaired) electrons. The SMILES string of the molecule is COc1cc(CCC(=O)N2CCc3[nH]nc(-c4ccc5c(c4)CCCO5)c3CC2)ccn1.O=C(O)C(F)(F)F.O=C(O)C(F)(F)F. The molecule has 0 spiro atoms. The number of nitrogens with zero attached hydrogens (tertiary/aromatic N) is 3. The first-order valence-corrected chi connectivity index (χ1v) is 13.8. The zero-order valence-electron chi connectivity index (χ0n) is 24.4. The van der Waals surface area contributed by atoms with Crippen molar-refractivity contribution in [3.05, 3.63) is 58.9 Å². The molecule has 0 bridgehead atoms. The molecule has 1 aromatic carbocycles. The number of ether oxygens (including phenoxy) is 2. The third-order valence-electron chi connectivity index (χ3n) is 6.87. The van der Waals surface area contributed by atoms with E-state index in [1.165, 1.54) is 11.1 Å². The van der Waals surface area contributed by atoms with Gasteiger partial charge in [-0.2, -0.15) is 31.4 Å². The minimum Gasteiger partial charge on any atom is -0.493 e. The summed E-state index contributed by atoms with van der Waals surface area (Å²) in [5.74, 6) is -3.76. The normalized spacial score (nSPS) is 14.1. The first kappa shape index (κ1) is 35.6. The van der Waals surface area contributed by atoms with Gasteiger partial charge < -0.3 is 24.6 Å². The molecule has 0 aliphatic carbocycles. The number of halogens is 6. The number of carboxylic acids is 2. The molecular formula is C29H30F6N4O7. The summed E-state index contributed by atoms with van der Waals surface area (Å²) < 4.78 is 74.4. The van der Waals surface area contributed by atoms with E-state index >= 15 is 0 Å². The van der Waals surface area contributed by atoms with Gasteiger partial charge in [-0.15, -0.1) is 0 Å². The molecule has 0 fully saturated rings. The second kappa shape index (κ2) is 15.4. The fourth-order valence-corrected chi connectivity index (χ4v) is 4.61. The number of carbonyl (C=O) groups excluding carboxylic acids is 1. The number of hydrogen-bond acceptors (Lipinski definition) is 7. The number of carbonyl (C=O) groups is 3. The molecule has 0 saturated heterocycles. The van der Waals surface area contributed by atoms with Gasteiger partial charge in [0.2, 0.25) is 11.8 Å². The van der Waals surface area contributed by atoms with E-state index in [0.29, 0.717) is 31.8 Å². The number of methoxy groups -OCH3 is 1. The fourth-order valence-electron chi connectivity index (χ4n) is 4.61. The Bertz CT molecular complexity index is 1500. The quantitative estimate of drug-likeness (QED) is 0.332. The number of aromatic nitrogens is 3. The summed E-state index contributed by atoms with van der Waals surface area (Å²) in [7, 11) is 1.60. The Morgan fingerprint density at radius 1 is 0.978 bits per heavy atom. The van der Waals surface area contributed by atoms with Gasteiger partial charge in [-0.3, -0.25) is 9.89 Å². The maximum Gasteiger partial charge on any atom is 0.490 e. The maximum absolute atomic E-state index is 12.9. The van der Waals surface area contributed by atoms with Crippen molar-refractivity contribution >= 4 is 17.8 Å². The third kappa shape index (κ3) is 10.1. The van der Waals surface area contributed by atoms with Crippen LogP contribution >= 0.6 is 0 Å². The van der Waals surface area contributed by atoms with Crippen molar-refractivity contribution in [1.82, 2.24) is 20.1 Å². The molecule has 17 heteroatoms. The smallest absolute Gasteiger partial charge is 0.490 e. The lowest BCUT2D eigenvalue weighted by molar-refractivity contribution is -0.193. The molecule has 11 nitrogen and oxygen atoms in total. The van der Waals surface area contributed by atoms with Gasteiger partial charge in [0, 0.05) is 55.0 Å². The Kier molecular flexibility index (Phi) is 12.0. The summed E-state index contributed by atoms with van der Waals surface area (Å²) in [4.78, 5) is 36.8. The number of benzene rings is 1. The average molecular weight is 661 g/mol.